The van der Waals surface area contributed by atoms with E-state index in [-0.39, 0.29) is 10.6 Å². The number of hydrogen-bond donors (Lipinski definition) is 0. The number of sulfone groups is 1. The highest BCUT2D eigenvalue weighted by atomic mass is 35.5. The molecule has 0 atom stereocenters. The Hall–Kier alpha value is -3.30. The fraction of sp³-hybridized carbons (Fsp3) is 0.0870. The summed E-state index contributed by atoms with van der Waals surface area (Å²) < 4.78 is 66.6. The third-order valence-electron chi connectivity index (χ3n) is 4.74. The maximum Gasteiger partial charge on any atom is 0.573 e. The maximum absolute atomic E-state index is 12.4. The zero-order valence-corrected chi connectivity index (χ0v) is 18.6. The topological polar surface area (TPSA) is 61.2 Å². The van der Waals surface area contributed by atoms with E-state index in [9.17, 15) is 21.6 Å². The molecule has 0 bridgehead atoms. The van der Waals surface area contributed by atoms with Crippen molar-refractivity contribution in [2.24, 2.45) is 0 Å². The summed E-state index contributed by atoms with van der Waals surface area (Å²) in [6.45, 7) is 0. The van der Waals surface area contributed by atoms with Gasteiger partial charge in [0.05, 0.1) is 10.6 Å². The van der Waals surface area contributed by atoms with Crippen molar-refractivity contribution in [2.45, 2.75) is 11.3 Å². The van der Waals surface area contributed by atoms with Gasteiger partial charge in [0.2, 0.25) is 0 Å². The molecular formula is C23H16ClF3N2O3S. The predicted molar refractivity (Wildman–Crippen MR) is 119 cm³/mol. The van der Waals surface area contributed by atoms with E-state index in [1.54, 1.807) is 47.2 Å². The van der Waals surface area contributed by atoms with Gasteiger partial charge in [0, 0.05) is 34.3 Å². The minimum absolute atomic E-state index is 0.180. The molecule has 0 amide bonds. The van der Waals surface area contributed by atoms with Gasteiger partial charge in [0.15, 0.2) is 9.84 Å². The first kappa shape index (κ1) is 22.9. The van der Waals surface area contributed by atoms with E-state index in [1.807, 2.05) is 0 Å². The van der Waals surface area contributed by atoms with Crippen LogP contribution in [-0.2, 0) is 9.84 Å². The molecule has 1 aromatic heterocycles. The number of nitrogens with zero attached hydrogens (tertiary/aromatic N) is 2. The Morgan fingerprint density at radius 2 is 1.45 bits per heavy atom. The van der Waals surface area contributed by atoms with Gasteiger partial charge in [-0.15, -0.1) is 13.2 Å². The molecule has 5 nitrogen and oxygen atoms in total. The average Bonchev–Trinajstić information content (AvgIpc) is 3.18. The Morgan fingerprint density at radius 3 is 2.00 bits per heavy atom. The molecule has 0 saturated carbocycles. The highest BCUT2D eigenvalue weighted by Crippen LogP contribution is 2.31. The number of halogens is 4. The maximum atomic E-state index is 12.4. The van der Waals surface area contributed by atoms with Crippen LogP contribution in [0.1, 0.15) is 0 Å². The molecule has 33 heavy (non-hydrogen) atoms. The lowest BCUT2D eigenvalue weighted by atomic mass is 10.1. The number of ether oxygens (including phenoxy) is 1. The second-order valence-electron chi connectivity index (χ2n) is 7.16. The van der Waals surface area contributed by atoms with Crippen molar-refractivity contribution in [1.82, 2.24) is 9.55 Å². The zero-order valence-electron chi connectivity index (χ0n) is 17.0. The van der Waals surface area contributed by atoms with Gasteiger partial charge in [0.1, 0.15) is 11.6 Å². The molecule has 0 fully saturated rings. The summed E-state index contributed by atoms with van der Waals surface area (Å²) in [6, 6.07) is 18.7. The minimum Gasteiger partial charge on any atom is -0.406 e. The third kappa shape index (κ3) is 5.37. The van der Waals surface area contributed by atoms with Crippen molar-refractivity contribution in [1.29, 1.82) is 0 Å². The highest BCUT2D eigenvalue weighted by Gasteiger charge is 2.31. The lowest BCUT2D eigenvalue weighted by molar-refractivity contribution is -0.274. The first-order valence-electron chi connectivity index (χ1n) is 9.52. The molecular weight excluding hydrogens is 477 g/mol. The van der Waals surface area contributed by atoms with E-state index < -0.39 is 16.2 Å². The second kappa shape index (κ2) is 8.57. The standard InChI is InChI=1S/C23H16ClF3N2O3S/c1-33(30,31)20-12-8-18(9-13-20)29-14-21(28-22(29)16-2-6-17(24)7-3-16)15-4-10-19(11-5-15)32-23(25,26)27/h2-14H,1H3. The molecule has 0 saturated heterocycles. The summed E-state index contributed by atoms with van der Waals surface area (Å²) in [6.07, 6.45) is -1.93. The largest absolute Gasteiger partial charge is 0.573 e. The summed E-state index contributed by atoms with van der Waals surface area (Å²) in [7, 11) is -3.36. The van der Waals surface area contributed by atoms with Gasteiger partial charge in [-0.2, -0.15) is 0 Å². The van der Waals surface area contributed by atoms with E-state index in [0.717, 1.165) is 11.8 Å². The molecule has 0 aliphatic rings. The van der Waals surface area contributed by atoms with Gasteiger partial charge >= 0.3 is 6.36 Å². The van der Waals surface area contributed by atoms with Crippen LogP contribution in [0.2, 0.25) is 5.02 Å². The molecule has 0 radical (unpaired) electrons. The van der Waals surface area contributed by atoms with Crippen LogP contribution in [0.25, 0.3) is 28.3 Å². The smallest absolute Gasteiger partial charge is 0.406 e. The van der Waals surface area contributed by atoms with Crippen molar-refractivity contribution in [3.63, 3.8) is 0 Å². The van der Waals surface area contributed by atoms with E-state index in [4.69, 9.17) is 11.6 Å². The molecule has 0 N–H and O–H groups in total. The predicted octanol–water partition coefficient (Wildman–Crippen LogP) is 6.16. The molecule has 1 heterocycles. The van der Waals surface area contributed by atoms with Gasteiger partial charge in [0.25, 0.3) is 0 Å². The Morgan fingerprint density at radius 1 is 0.879 bits per heavy atom. The van der Waals surface area contributed by atoms with Gasteiger partial charge in [-0.05, 0) is 72.8 Å². The van der Waals surface area contributed by atoms with E-state index in [0.29, 0.717) is 27.8 Å². The minimum atomic E-state index is -4.77. The quantitative estimate of drug-likeness (QED) is 0.334. The molecule has 0 aliphatic carbocycles. The van der Waals surface area contributed by atoms with Crippen molar-refractivity contribution >= 4 is 21.4 Å². The summed E-state index contributed by atoms with van der Waals surface area (Å²) in [5, 5.41) is 0.551. The Balaban J connectivity index is 1.78. The number of benzene rings is 3. The third-order valence-corrected chi connectivity index (χ3v) is 6.12. The highest BCUT2D eigenvalue weighted by molar-refractivity contribution is 7.90. The molecule has 3 aromatic carbocycles. The van der Waals surface area contributed by atoms with Crippen LogP contribution < -0.4 is 4.74 Å². The van der Waals surface area contributed by atoms with Gasteiger partial charge in [-0.3, -0.25) is 4.57 Å². The second-order valence-corrected chi connectivity index (χ2v) is 9.62. The number of alkyl halides is 3. The summed E-state index contributed by atoms with van der Waals surface area (Å²) in [5.74, 6) is 0.212. The molecule has 4 aromatic rings. The molecule has 4 rings (SSSR count). The summed E-state index contributed by atoms with van der Waals surface area (Å²) in [4.78, 5) is 4.85. The first-order chi connectivity index (χ1) is 15.5. The SMILES string of the molecule is CS(=O)(=O)c1ccc(-n2cc(-c3ccc(OC(F)(F)F)cc3)nc2-c2ccc(Cl)cc2)cc1. The van der Waals surface area contributed by atoms with Crippen LogP contribution in [0.15, 0.2) is 83.9 Å². The van der Waals surface area contributed by atoms with Crippen molar-refractivity contribution in [3.05, 3.63) is 84.0 Å². The van der Waals surface area contributed by atoms with Crippen LogP contribution >= 0.6 is 11.6 Å². The van der Waals surface area contributed by atoms with E-state index >= 15 is 0 Å². The fourth-order valence-electron chi connectivity index (χ4n) is 3.20. The Bertz CT molecular complexity index is 1380. The fourth-order valence-corrected chi connectivity index (χ4v) is 3.96. The van der Waals surface area contributed by atoms with Gasteiger partial charge in [-0.25, -0.2) is 13.4 Å². The number of rotatable bonds is 5. The average molecular weight is 493 g/mol. The lowest BCUT2D eigenvalue weighted by Gasteiger charge is -2.09. The molecule has 10 heteroatoms. The molecule has 0 spiro atoms. The van der Waals surface area contributed by atoms with Gasteiger partial charge in [-0.1, -0.05) is 11.6 Å². The molecule has 0 aliphatic heterocycles. The first-order valence-corrected chi connectivity index (χ1v) is 11.8. The number of imidazole rings is 1. The summed E-state index contributed by atoms with van der Waals surface area (Å²) in [5.41, 5.74) is 2.48. The van der Waals surface area contributed by atoms with Crippen LogP contribution in [0, 0.1) is 0 Å². The number of aromatic nitrogens is 2. The van der Waals surface area contributed by atoms with Crippen molar-refractivity contribution in [3.8, 4) is 34.1 Å². The van der Waals surface area contributed by atoms with Crippen molar-refractivity contribution < 1.29 is 26.3 Å². The molecule has 170 valence electrons. The van der Waals surface area contributed by atoms with Gasteiger partial charge < -0.3 is 4.74 Å². The number of hydrogen-bond acceptors (Lipinski definition) is 4. The van der Waals surface area contributed by atoms with E-state index in [1.165, 1.54) is 36.4 Å². The zero-order chi connectivity index (χ0) is 23.8. The Kier molecular flexibility index (Phi) is 5.94. The van der Waals surface area contributed by atoms with Crippen molar-refractivity contribution in [2.75, 3.05) is 6.26 Å². The van der Waals surface area contributed by atoms with Crippen LogP contribution in [0.3, 0.4) is 0 Å². The van der Waals surface area contributed by atoms with Crippen LogP contribution in [0.5, 0.6) is 5.75 Å². The molecule has 0 unspecified atom stereocenters. The normalized spacial score (nSPS) is 12.0. The Labute approximate surface area is 193 Å². The van der Waals surface area contributed by atoms with Crippen LogP contribution in [0.4, 0.5) is 13.2 Å². The summed E-state index contributed by atoms with van der Waals surface area (Å²) >= 11 is 6.00. The monoisotopic (exact) mass is 492 g/mol. The lowest BCUT2D eigenvalue weighted by Crippen LogP contribution is -2.16. The van der Waals surface area contributed by atoms with Crippen LogP contribution in [-0.4, -0.2) is 30.6 Å². The van der Waals surface area contributed by atoms with E-state index in [2.05, 4.69) is 9.72 Å².